The van der Waals surface area contributed by atoms with Gasteiger partial charge in [-0.1, -0.05) is 91.9 Å². The molecule has 9 nitrogen and oxygen atoms in total. The predicted molar refractivity (Wildman–Crippen MR) is 168 cm³/mol. The van der Waals surface area contributed by atoms with E-state index in [0.717, 1.165) is 27.5 Å². The first-order valence-corrected chi connectivity index (χ1v) is 15.1. The number of nitrogens with one attached hydrogen (secondary N) is 1. The Morgan fingerprint density at radius 2 is 1.64 bits per heavy atom. The van der Waals surface area contributed by atoms with Gasteiger partial charge in [-0.2, -0.15) is 5.01 Å². The molecule has 2 N–H and O–H groups in total. The SMILES string of the molecule is CCCN(C(=O)NCc1ccccc1)N1CC(=O)N2[C@@H](Cc3ccc(O)cc3)C(=O)N(Cc3cccc4ccccc34)C[C@@H]21. The number of hydrazine groups is 1. The Morgan fingerprint density at radius 1 is 0.909 bits per heavy atom. The Bertz CT molecular complexity index is 1640. The van der Waals surface area contributed by atoms with E-state index in [-0.39, 0.29) is 36.7 Å². The lowest BCUT2D eigenvalue weighted by Gasteiger charge is -2.46. The highest BCUT2D eigenvalue weighted by atomic mass is 16.3. The second-order valence-corrected chi connectivity index (χ2v) is 11.4. The number of benzene rings is 4. The van der Waals surface area contributed by atoms with Gasteiger partial charge in [0.2, 0.25) is 11.8 Å². The topological polar surface area (TPSA) is 96.4 Å². The van der Waals surface area contributed by atoms with E-state index in [4.69, 9.17) is 0 Å². The largest absolute Gasteiger partial charge is 0.508 e. The molecule has 0 saturated carbocycles. The van der Waals surface area contributed by atoms with E-state index in [0.29, 0.717) is 32.5 Å². The van der Waals surface area contributed by atoms with E-state index in [1.165, 1.54) is 0 Å². The lowest BCUT2D eigenvalue weighted by molar-refractivity contribution is -0.157. The third kappa shape index (κ3) is 5.96. The zero-order chi connectivity index (χ0) is 30.6. The Labute approximate surface area is 257 Å². The molecule has 4 amide bonds. The number of hydrogen-bond acceptors (Lipinski definition) is 5. The summed E-state index contributed by atoms with van der Waals surface area (Å²) in [6, 6.07) is 29.6. The molecule has 4 aromatic carbocycles. The number of carbonyl (C=O) groups excluding carboxylic acids is 3. The molecule has 4 aromatic rings. The number of urea groups is 1. The van der Waals surface area contributed by atoms with E-state index >= 15 is 0 Å². The molecule has 2 atom stereocenters. The van der Waals surface area contributed by atoms with E-state index in [1.807, 2.05) is 71.4 Å². The second-order valence-electron chi connectivity index (χ2n) is 11.4. The summed E-state index contributed by atoms with van der Waals surface area (Å²) in [5.41, 5.74) is 2.84. The van der Waals surface area contributed by atoms with Gasteiger partial charge >= 0.3 is 6.03 Å². The molecule has 2 fully saturated rings. The van der Waals surface area contributed by atoms with Crippen LogP contribution < -0.4 is 5.32 Å². The van der Waals surface area contributed by atoms with Crippen LogP contribution in [0, 0.1) is 0 Å². The molecular weight excluding hydrogens is 554 g/mol. The van der Waals surface area contributed by atoms with Gasteiger partial charge in [0.1, 0.15) is 18.0 Å². The highest BCUT2D eigenvalue weighted by Crippen LogP contribution is 2.31. The summed E-state index contributed by atoms with van der Waals surface area (Å²) < 4.78 is 0. The standard InChI is InChI=1S/C35H37N5O4/c1-2-19-38(35(44)36-21-26-9-4-3-5-10-26)39-24-33(42)40-31(20-25-15-17-29(41)18-16-25)34(43)37(23-32(39)40)22-28-13-8-12-27-11-6-7-14-30(27)28/h3-18,31-32,41H,2,19-24H2,1H3,(H,36,44)/t31-,32+/m0/s1. The summed E-state index contributed by atoms with van der Waals surface area (Å²) >= 11 is 0. The quantitative estimate of drug-likeness (QED) is 0.299. The molecule has 6 rings (SSSR count). The maximum atomic E-state index is 14.2. The summed E-state index contributed by atoms with van der Waals surface area (Å²) in [7, 11) is 0. The van der Waals surface area contributed by atoms with Gasteiger partial charge in [-0.05, 0) is 46.0 Å². The first-order valence-electron chi connectivity index (χ1n) is 15.1. The highest BCUT2D eigenvalue weighted by molar-refractivity contribution is 5.92. The maximum Gasteiger partial charge on any atom is 0.332 e. The van der Waals surface area contributed by atoms with Crippen molar-refractivity contribution in [2.24, 2.45) is 0 Å². The average molecular weight is 592 g/mol. The molecule has 0 bridgehead atoms. The number of hydrogen-bond donors (Lipinski definition) is 2. The number of piperazine rings is 1. The van der Waals surface area contributed by atoms with Crippen molar-refractivity contribution >= 4 is 28.6 Å². The van der Waals surface area contributed by atoms with Gasteiger partial charge in [-0.3, -0.25) is 14.6 Å². The molecule has 0 spiro atoms. The summed E-state index contributed by atoms with van der Waals surface area (Å²) in [6.45, 7) is 3.45. The molecule has 0 aliphatic carbocycles. The Kier molecular flexibility index (Phi) is 8.47. The van der Waals surface area contributed by atoms with Crippen molar-refractivity contribution in [1.29, 1.82) is 0 Å². The van der Waals surface area contributed by atoms with Crippen molar-refractivity contribution in [3.63, 3.8) is 0 Å². The number of phenols is 1. The molecule has 9 heteroatoms. The van der Waals surface area contributed by atoms with Crippen molar-refractivity contribution in [3.05, 3.63) is 114 Å². The number of amides is 4. The summed E-state index contributed by atoms with van der Waals surface area (Å²) in [4.78, 5) is 45.0. The fourth-order valence-electron chi connectivity index (χ4n) is 6.30. The number of carbonyl (C=O) groups is 3. The van der Waals surface area contributed by atoms with Gasteiger partial charge in [0.25, 0.3) is 0 Å². The van der Waals surface area contributed by atoms with Gasteiger partial charge in [0, 0.05) is 26.1 Å². The minimum Gasteiger partial charge on any atom is -0.508 e. The van der Waals surface area contributed by atoms with Crippen molar-refractivity contribution in [2.45, 2.75) is 45.1 Å². The van der Waals surface area contributed by atoms with Gasteiger partial charge in [0.05, 0.1) is 13.1 Å². The summed E-state index contributed by atoms with van der Waals surface area (Å²) in [5, 5.41) is 18.5. The molecular formula is C35H37N5O4. The lowest BCUT2D eigenvalue weighted by atomic mass is 9.99. The average Bonchev–Trinajstić information content (AvgIpc) is 3.37. The minimum atomic E-state index is -0.748. The third-order valence-electron chi connectivity index (χ3n) is 8.44. The fraction of sp³-hybridized carbons (Fsp3) is 0.286. The van der Waals surface area contributed by atoms with Crippen LogP contribution in [0.4, 0.5) is 4.79 Å². The number of aromatic hydroxyl groups is 1. The molecule has 0 radical (unpaired) electrons. The molecule has 44 heavy (non-hydrogen) atoms. The first kappa shape index (κ1) is 29.2. The molecule has 226 valence electrons. The Morgan fingerprint density at radius 3 is 2.41 bits per heavy atom. The molecule has 0 aromatic heterocycles. The van der Waals surface area contributed by atoms with Crippen LogP contribution in [-0.4, -0.2) is 74.6 Å². The van der Waals surface area contributed by atoms with Gasteiger partial charge < -0.3 is 20.2 Å². The normalized spacial score (nSPS) is 18.5. The van der Waals surface area contributed by atoms with Crippen LogP contribution in [0.5, 0.6) is 5.75 Å². The van der Waals surface area contributed by atoms with Gasteiger partial charge in [-0.25, -0.2) is 4.79 Å². The van der Waals surface area contributed by atoms with E-state index in [2.05, 4.69) is 23.5 Å². The third-order valence-corrected chi connectivity index (χ3v) is 8.44. The van der Waals surface area contributed by atoms with Crippen LogP contribution >= 0.6 is 0 Å². The molecule has 2 aliphatic rings. The minimum absolute atomic E-state index is 0.00485. The van der Waals surface area contributed by atoms with Crippen LogP contribution in [0.25, 0.3) is 10.8 Å². The van der Waals surface area contributed by atoms with Crippen LogP contribution in [0.2, 0.25) is 0 Å². The van der Waals surface area contributed by atoms with Crippen LogP contribution in [-0.2, 0) is 29.1 Å². The summed E-state index contributed by atoms with van der Waals surface area (Å²) in [6.07, 6.45) is 0.493. The van der Waals surface area contributed by atoms with E-state index in [9.17, 15) is 19.5 Å². The number of nitrogens with zero attached hydrogens (tertiary/aromatic N) is 4. The molecule has 2 aliphatic heterocycles. The zero-order valence-electron chi connectivity index (χ0n) is 24.8. The van der Waals surface area contributed by atoms with Crippen molar-refractivity contribution in [2.75, 3.05) is 19.6 Å². The fourth-order valence-corrected chi connectivity index (χ4v) is 6.30. The Balaban J connectivity index is 1.31. The Hall–Kier alpha value is -4.89. The molecule has 0 unspecified atom stereocenters. The van der Waals surface area contributed by atoms with E-state index in [1.54, 1.807) is 34.2 Å². The van der Waals surface area contributed by atoms with Crippen LogP contribution in [0.1, 0.15) is 30.0 Å². The number of phenolic OH excluding ortho intramolecular Hbond substituents is 1. The van der Waals surface area contributed by atoms with Crippen LogP contribution in [0.3, 0.4) is 0 Å². The predicted octanol–water partition coefficient (Wildman–Crippen LogP) is 4.51. The second kappa shape index (κ2) is 12.8. The van der Waals surface area contributed by atoms with Gasteiger partial charge in [-0.15, -0.1) is 0 Å². The zero-order valence-corrected chi connectivity index (χ0v) is 24.8. The maximum absolute atomic E-state index is 14.2. The number of rotatable bonds is 9. The van der Waals surface area contributed by atoms with Gasteiger partial charge in [0.15, 0.2) is 0 Å². The summed E-state index contributed by atoms with van der Waals surface area (Å²) in [5.74, 6) is -0.179. The highest BCUT2D eigenvalue weighted by Gasteiger charge is 2.52. The molecule has 2 heterocycles. The monoisotopic (exact) mass is 591 g/mol. The van der Waals surface area contributed by atoms with Crippen molar-refractivity contribution in [1.82, 2.24) is 25.1 Å². The van der Waals surface area contributed by atoms with Crippen molar-refractivity contribution < 1.29 is 19.5 Å². The van der Waals surface area contributed by atoms with E-state index < -0.39 is 12.2 Å². The van der Waals surface area contributed by atoms with Crippen LogP contribution in [0.15, 0.2) is 97.1 Å². The van der Waals surface area contributed by atoms with Crippen molar-refractivity contribution in [3.8, 4) is 5.75 Å². The molecule has 2 saturated heterocycles. The lowest BCUT2D eigenvalue weighted by Crippen LogP contribution is -2.66. The first-order chi connectivity index (χ1) is 21.4. The smallest absolute Gasteiger partial charge is 0.332 e. The number of fused-ring (bicyclic) bond motifs is 2.